The summed E-state index contributed by atoms with van der Waals surface area (Å²) in [5.74, 6) is 0. The normalized spacial score (nSPS) is 12.0. The van der Waals surface area contributed by atoms with Gasteiger partial charge in [0, 0.05) is 28.3 Å². The Bertz CT molecular complexity index is 3030. The Kier molecular flexibility index (Phi) is 7.59. The molecule has 0 spiro atoms. The van der Waals surface area contributed by atoms with E-state index in [-0.39, 0.29) is 0 Å². The van der Waals surface area contributed by atoms with E-state index in [9.17, 15) is 0 Å². The van der Waals surface area contributed by atoms with Crippen molar-refractivity contribution in [2.45, 2.75) is 0 Å². The van der Waals surface area contributed by atoms with Crippen LogP contribution in [0.2, 0.25) is 0 Å². The molecule has 0 atom stereocenters. The second-order valence-electron chi connectivity index (χ2n) is 13.5. The number of aromatic nitrogens is 2. The summed E-state index contributed by atoms with van der Waals surface area (Å²) in [6.45, 7) is 3.98. The molecule has 0 radical (unpaired) electrons. The number of nitrogens with zero attached hydrogens (tertiary/aromatic N) is 4. The maximum absolute atomic E-state index is 5.61. The van der Waals surface area contributed by atoms with E-state index in [1.807, 2.05) is 12.2 Å². The number of benzene rings is 8. The van der Waals surface area contributed by atoms with Gasteiger partial charge in [0.2, 0.25) is 0 Å². The molecule has 0 saturated heterocycles. The lowest BCUT2D eigenvalue weighted by atomic mass is 10.1. The van der Waals surface area contributed by atoms with Crippen LogP contribution in [0.15, 0.2) is 189 Å². The first kappa shape index (κ1) is 31.4. The summed E-state index contributed by atoms with van der Waals surface area (Å²) < 4.78 is 0. The molecule has 4 heteroatoms. The summed E-state index contributed by atoms with van der Waals surface area (Å²) in [5.41, 5.74) is 10.5. The molecule has 0 unspecified atom stereocenters. The Labute approximate surface area is 313 Å². The second-order valence-corrected chi connectivity index (χ2v) is 13.5. The molecule has 0 fully saturated rings. The van der Waals surface area contributed by atoms with Crippen molar-refractivity contribution in [1.29, 1.82) is 0 Å². The van der Waals surface area contributed by atoms with E-state index in [0.29, 0.717) is 0 Å². The summed E-state index contributed by atoms with van der Waals surface area (Å²) >= 11 is 0. The lowest BCUT2D eigenvalue weighted by molar-refractivity contribution is 1.22. The fourth-order valence-electron chi connectivity index (χ4n) is 7.78. The van der Waals surface area contributed by atoms with Crippen molar-refractivity contribution in [3.05, 3.63) is 205 Å². The average molecular weight is 691 g/mol. The van der Waals surface area contributed by atoms with Crippen LogP contribution in [-0.4, -0.2) is 9.97 Å². The summed E-state index contributed by atoms with van der Waals surface area (Å²) in [5, 5.41) is 6.93. The predicted molar refractivity (Wildman–Crippen MR) is 227 cm³/mol. The second kappa shape index (κ2) is 13.0. The molecule has 0 aliphatic heterocycles. The smallest absolute Gasteiger partial charge is 0.116 e. The van der Waals surface area contributed by atoms with E-state index in [1.165, 1.54) is 21.5 Å². The highest BCUT2D eigenvalue weighted by atomic mass is 15.2. The van der Waals surface area contributed by atoms with Crippen molar-refractivity contribution in [2.24, 2.45) is 0 Å². The molecule has 9 aromatic rings. The van der Waals surface area contributed by atoms with Gasteiger partial charge in [-0.2, -0.15) is 0 Å². The maximum atomic E-state index is 5.61. The minimum absolute atomic E-state index is 0.809. The molecular weight excluding hydrogens is 657 g/mol. The fraction of sp³-hybridized carbons (Fsp3) is 0. The van der Waals surface area contributed by atoms with Crippen LogP contribution in [0.4, 0.5) is 34.1 Å². The molecule has 8 aromatic carbocycles. The first-order valence-corrected chi connectivity index (χ1v) is 18.2. The molecule has 10 rings (SSSR count). The van der Waals surface area contributed by atoms with Gasteiger partial charge in [-0.3, -0.25) is 0 Å². The van der Waals surface area contributed by atoms with E-state index >= 15 is 0 Å². The Morgan fingerprint density at radius 3 is 1.52 bits per heavy atom. The van der Waals surface area contributed by atoms with Crippen LogP contribution < -0.4 is 20.2 Å². The highest BCUT2D eigenvalue weighted by molar-refractivity contribution is 6.06. The van der Waals surface area contributed by atoms with Crippen molar-refractivity contribution in [1.82, 2.24) is 9.97 Å². The number of para-hydroxylation sites is 2. The first-order valence-electron chi connectivity index (χ1n) is 18.2. The summed E-state index contributed by atoms with van der Waals surface area (Å²) in [4.78, 5) is 15.8. The van der Waals surface area contributed by atoms with Crippen molar-refractivity contribution in [2.75, 3.05) is 9.80 Å². The molecule has 1 aliphatic rings. The first-order chi connectivity index (χ1) is 26.7. The van der Waals surface area contributed by atoms with Gasteiger partial charge in [-0.1, -0.05) is 134 Å². The Hall–Kier alpha value is -7.30. The summed E-state index contributed by atoms with van der Waals surface area (Å²) in [6, 6.07) is 62.1. The van der Waals surface area contributed by atoms with Crippen LogP contribution in [0.5, 0.6) is 0 Å². The van der Waals surface area contributed by atoms with Gasteiger partial charge in [0.1, 0.15) is 11.0 Å². The Balaban J connectivity index is 1.29. The third-order valence-electron chi connectivity index (χ3n) is 10.3. The van der Waals surface area contributed by atoms with Gasteiger partial charge in [-0.15, -0.1) is 0 Å². The molecule has 54 heavy (non-hydrogen) atoms. The van der Waals surface area contributed by atoms with Crippen LogP contribution in [0.25, 0.3) is 56.0 Å². The predicted octanol–water partition coefficient (Wildman–Crippen LogP) is 11.7. The van der Waals surface area contributed by atoms with Gasteiger partial charge in [-0.25, -0.2) is 9.97 Å². The summed E-state index contributed by atoms with van der Waals surface area (Å²) in [6.07, 6.45) is 6.05. The zero-order valence-corrected chi connectivity index (χ0v) is 29.5. The molecule has 1 heterocycles. The lowest BCUT2D eigenvalue weighted by Crippen LogP contribution is -2.24. The number of hydrogen-bond donors (Lipinski definition) is 0. The van der Waals surface area contributed by atoms with Crippen molar-refractivity contribution < 1.29 is 0 Å². The zero-order valence-electron chi connectivity index (χ0n) is 29.5. The van der Waals surface area contributed by atoms with Crippen LogP contribution in [0, 0.1) is 0 Å². The third kappa shape index (κ3) is 5.32. The van der Waals surface area contributed by atoms with E-state index in [1.54, 1.807) is 0 Å². The van der Waals surface area contributed by atoms with Gasteiger partial charge < -0.3 is 9.80 Å². The minimum atomic E-state index is 0.809. The van der Waals surface area contributed by atoms with Crippen LogP contribution in [-0.2, 0) is 0 Å². The van der Waals surface area contributed by atoms with E-state index in [0.717, 1.165) is 72.5 Å². The monoisotopic (exact) mass is 690 g/mol. The largest absolute Gasteiger partial charge is 0.308 e. The van der Waals surface area contributed by atoms with Crippen molar-refractivity contribution in [3.8, 4) is 11.3 Å². The number of hydrogen-bond acceptors (Lipinski definition) is 4. The van der Waals surface area contributed by atoms with Gasteiger partial charge in [-0.05, 0) is 98.7 Å². The topological polar surface area (TPSA) is 32.3 Å². The molecule has 0 amide bonds. The zero-order chi connectivity index (χ0) is 36.0. The quantitative estimate of drug-likeness (QED) is 0.167. The number of allylic oxidation sites excluding steroid dienone is 1. The molecule has 0 saturated carbocycles. The van der Waals surface area contributed by atoms with Crippen molar-refractivity contribution >= 4 is 78.9 Å². The number of anilines is 6. The molecule has 4 nitrogen and oxygen atoms in total. The summed E-state index contributed by atoms with van der Waals surface area (Å²) in [7, 11) is 0. The molecular formula is C50H34N4. The highest BCUT2D eigenvalue weighted by Crippen LogP contribution is 2.45. The van der Waals surface area contributed by atoms with Crippen molar-refractivity contribution in [3.63, 3.8) is 0 Å². The van der Waals surface area contributed by atoms with E-state index < -0.39 is 0 Å². The molecule has 1 aromatic heterocycles. The molecule has 1 aliphatic carbocycles. The SMILES string of the molecule is C=C/C=c1/cccc2c1=Cc1nc3c(N(c4ccccc4)c4ccc5ccccc5c4)ccc(N(c4ccccc4)c4ccc5ccccc5c4)c3nc1-2. The molecule has 254 valence electrons. The van der Waals surface area contributed by atoms with Gasteiger partial charge in [0.25, 0.3) is 0 Å². The lowest BCUT2D eigenvalue weighted by Gasteiger charge is -2.30. The standard InChI is InChI=1S/C50H34N4/c1-2-14-36-19-13-24-43-44(36)33-45-48(43)52-50-47(54(40-22-7-4-8-23-40)42-28-26-35-16-10-12-18-38(35)32-42)30-29-46(49(50)51-45)53(39-20-5-3-6-21-39)41-27-25-34-15-9-11-17-37(34)31-41/h2-33H,1H2/b36-14-. The van der Waals surface area contributed by atoms with E-state index in [4.69, 9.17) is 9.97 Å². The fourth-order valence-corrected chi connectivity index (χ4v) is 7.78. The Morgan fingerprint density at radius 2 is 0.963 bits per heavy atom. The van der Waals surface area contributed by atoms with Crippen LogP contribution in [0.1, 0.15) is 5.69 Å². The average Bonchev–Trinajstić information content (AvgIpc) is 3.60. The highest BCUT2D eigenvalue weighted by Gasteiger charge is 2.26. The maximum Gasteiger partial charge on any atom is 0.116 e. The van der Waals surface area contributed by atoms with Crippen LogP contribution >= 0.6 is 0 Å². The Morgan fingerprint density at radius 1 is 0.444 bits per heavy atom. The minimum Gasteiger partial charge on any atom is -0.308 e. The number of fused-ring (bicyclic) bond motifs is 6. The molecule has 0 bridgehead atoms. The number of rotatable bonds is 7. The van der Waals surface area contributed by atoms with E-state index in [2.05, 4.69) is 198 Å². The molecule has 0 N–H and O–H groups in total. The van der Waals surface area contributed by atoms with Gasteiger partial charge in [0.15, 0.2) is 0 Å². The van der Waals surface area contributed by atoms with Crippen LogP contribution in [0.3, 0.4) is 0 Å². The van der Waals surface area contributed by atoms with Gasteiger partial charge in [0.05, 0.1) is 22.8 Å². The third-order valence-corrected chi connectivity index (χ3v) is 10.3. The van der Waals surface area contributed by atoms with Gasteiger partial charge >= 0.3 is 0 Å².